The number of hydrogen-bond acceptors (Lipinski definition) is 7. The fraction of sp³-hybridized carbons (Fsp3) is 0.318. The summed E-state index contributed by atoms with van der Waals surface area (Å²) in [4.78, 5) is 35.4. The number of nitriles is 1. The van der Waals surface area contributed by atoms with Crippen LogP contribution >= 0.6 is 23.2 Å². The van der Waals surface area contributed by atoms with Crippen molar-refractivity contribution >= 4 is 46.3 Å². The second-order valence-electron chi connectivity index (χ2n) is 8.40. The van der Waals surface area contributed by atoms with Crippen LogP contribution in [0.5, 0.6) is 0 Å². The molecular weight excluding hydrogens is 467 g/mol. The predicted molar refractivity (Wildman–Crippen MR) is 123 cm³/mol. The third-order valence-corrected chi connectivity index (χ3v) is 6.61. The molecule has 9 nitrogen and oxygen atoms in total. The number of carbonyl (C=O) groups is 1. The van der Waals surface area contributed by atoms with Crippen molar-refractivity contribution in [1.82, 2.24) is 14.4 Å². The van der Waals surface area contributed by atoms with Gasteiger partial charge < -0.3 is 15.3 Å². The van der Waals surface area contributed by atoms with Crippen LogP contribution in [0.15, 0.2) is 29.2 Å². The van der Waals surface area contributed by atoms with E-state index in [1.54, 1.807) is 13.0 Å². The lowest BCUT2D eigenvalue weighted by molar-refractivity contribution is 0.0691. The molecule has 1 saturated heterocycles. The summed E-state index contributed by atoms with van der Waals surface area (Å²) in [6.45, 7) is 3.34. The molecule has 2 aliphatic rings. The smallest absolute Gasteiger partial charge is 0.356 e. The number of fused-ring (bicyclic) bond motifs is 2. The maximum Gasteiger partial charge on any atom is 0.356 e. The highest BCUT2D eigenvalue weighted by atomic mass is 35.5. The maximum atomic E-state index is 13.2. The SMILES string of the molecule is C[C@@H](Nc1ccc(Cl)nc1C(=O)O)c1cc(Cl)cn2c(=O)c(C#N)c(N3CC4CC4C3)nc12. The number of piperidine rings is 1. The number of carboxylic acid groups (broad SMARTS) is 1. The van der Waals surface area contributed by atoms with Crippen molar-refractivity contribution < 1.29 is 9.90 Å². The van der Waals surface area contributed by atoms with Crippen molar-refractivity contribution in [2.75, 3.05) is 23.3 Å². The molecule has 0 bridgehead atoms. The van der Waals surface area contributed by atoms with E-state index < -0.39 is 17.6 Å². The second-order valence-corrected chi connectivity index (χ2v) is 9.22. The molecule has 5 rings (SSSR count). The summed E-state index contributed by atoms with van der Waals surface area (Å²) in [7, 11) is 0. The number of carboxylic acids is 1. The number of nitrogens with one attached hydrogen (secondary N) is 1. The van der Waals surface area contributed by atoms with E-state index in [2.05, 4.69) is 10.3 Å². The summed E-state index contributed by atoms with van der Waals surface area (Å²) in [5, 5.41) is 22.6. The van der Waals surface area contributed by atoms with Crippen molar-refractivity contribution in [2.24, 2.45) is 11.8 Å². The number of aromatic carboxylic acids is 1. The van der Waals surface area contributed by atoms with Gasteiger partial charge in [0.25, 0.3) is 5.56 Å². The molecule has 0 aromatic carbocycles. The van der Waals surface area contributed by atoms with Gasteiger partial charge in [-0.1, -0.05) is 23.2 Å². The minimum Gasteiger partial charge on any atom is -0.476 e. The lowest BCUT2D eigenvalue weighted by Crippen LogP contribution is -2.30. The van der Waals surface area contributed by atoms with E-state index in [9.17, 15) is 20.0 Å². The van der Waals surface area contributed by atoms with Crippen LogP contribution in [0, 0.1) is 23.2 Å². The Morgan fingerprint density at radius 3 is 2.70 bits per heavy atom. The lowest BCUT2D eigenvalue weighted by Gasteiger charge is -2.23. The molecule has 4 heterocycles. The zero-order valence-electron chi connectivity index (χ0n) is 17.4. The number of halogens is 2. The Morgan fingerprint density at radius 2 is 2.03 bits per heavy atom. The second kappa shape index (κ2) is 7.90. The van der Waals surface area contributed by atoms with Crippen LogP contribution in [0.25, 0.3) is 5.65 Å². The average molecular weight is 485 g/mol. The zero-order valence-corrected chi connectivity index (χ0v) is 18.9. The monoisotopic (exact) mass is 484 g/mol. The van der Waals surface area contributed by atoms with Gasteiger partial charge in [-0.25, -0.2) is 14.8 Å². The Morgan fingerprint density at radius 1 is 1.30 bits per heavy atom. The van der Waals surface area contributed by atoms with Gasteiger partial charge in [0.2, 0.25) is 0 Å². The number of nitrogens with zero attached hydrogens (tertiary/aromatic N) is 5. The first kappa shape index (κ1) is 21.5. The highest BCUT2D eigenvalue weighted by Gasteiger charge is 2.46. The number of rotatable bonds is 5. The van der Waals surface area contributed by atoms with E-state index in [0.29, 0.717) is 28.9 Å². The van der Waals surface area contributed by atoms with E-state index in [-0.39, 0.29) is 27.1 Å². The van der Waals surface area contributed by atoms with Gasteiger partial charge in [0.15, 0.2) is 17.1 Å². The Hall–Kier alpha value is -3.35. The fourth-order valence-corrected chi connectivity index (χ4v) is 4.82. The number of pyridine rings is 2. The highest BCUT2D eigenvalue weighted by Crippen LogP contribution is 2.46. The maximum absolute atomic E-state index is 13.2. The molecule has 2 N–H and O–H groups in total. The van der Waals surface area contributed by atoms with Crippen LogP contribution in [0.1, 0.15) is 41.0 Å². The van der Waals surface area contributed by atoms with Crippen molar-refractivity contribution in [3.63, 3.8) is 0 Å². The molecule has 3 aromatic heterocycles. The van der Waals surface area contributed by atoms with Crippen molar-refractivity contribution in [3.05, 3.63) is 61.7 Å². The minimum absolute atomic E-state index is 0.0160. The number of aromatic nitrogens is 3. The van der Waals surface area contributed by atoms with Crippen molar-refractivity contribution in [3.8, 4) is 6.07 Å². The van der Waals surface area contributed by atoms with E-state index in [4.69, 9.17) is 28.2 Å². The van der Waals surface area contributed by atoms with Crippen LogP contribution in [-0.2, 0) is 0 Å². The van der Waals surface area contributed by atoms with Gasteiger partial charge in [0, 0.05) is 24.8 Å². The van der Waals surface area contributed by atoms with E-state index >= 15 is 0 Å². The molecular formula is C22H18Cl2N6O3. The summed E-state index contributed by atoms with van der Waals surface area (Å²) in [5.41, 5.74) is 0.438. The number of hydrogen-bond donors (Lipinski definition) is 2. The van der Waals surface area contributed by atoms with Crippen LogP contribution < -0.4 is 15.8 Å². The topological polar surface area (TPSA) is 124 Å². The Bertz CT molecular complexity index is 1410. The van der Waals surface area contributed by atoms with Crippen LogP contribution in [0.4, 0.5) is 11.5 Å². The van der Waals surface area contributed by atoms with Crippen LogP contribution in [-0.4, -0.2) is 38.5 Å². The van der Waals surface area contributed by atoms with Gasteiger partial charge >= 0.3 is 5.97 Å². The fourth-order valence-electron chi connectivity index (χ4n) is 4.46. The predicted octanol–water partition coefficient (Wildman–Crippen LogP) is 3.60. The van der Waals surface area contributed by atoms with E-state index in [1.807, 2.05) is 11.0 Å². The third-order valence-electron chi connectivity index (χ3n) is 6.19. The highest BCUT2D eigenvalue weighted by molar-refractivity contribution is 6.30. The molecule has 2 fully saturated rings. The molecule has 2 unspecified atom stereocenters. The van der Waals surface area contributed by atoms with Crippen molar-refractivity contribution in [1.29, 1.82) is 5.26 Å². The average Bonchev–Trinajstić information content (AvgIpc) is 3.39. The zero-order chi connectivity index (χ0) is 23.4. The summed E-state index contributed by atoms with van der Waals surface area (Å²) in [5.74, 6) is 0.332. The molecule has 11 heteroatoms. The van der Waals surface area contributed by atoms with Crippen LogP contribution in [0.3, 0.4) is 0 Å². The molecule has 0 radical (unpaired) electrons. The van der Waals surface area contributed by atoms with E-state index in [1.165, 1.54) is 29.2 Å². The lowest BCUT2D eigenvalue weighted by atomic mass is 10.1. The molecule has 1 aliphatic heterocycles. The van der Waals surface area contributed by atoms with E-state index in [0.717, 1.165) is 13.1 Å². The molecule has 168 valence electrons. The molecule has 3 atom stereocenters. The minimum atomic E-state index is -1.23. The molecule has 0 amide bonds. The summed E-state index contributed by atoms with van der Waals surface area (Å²) < 4.78 is 1.27. The summed E-state index contributed by atoms with van der Waals surface area (Å²) in [6, 6.07) is 6.19. The van der Waals surface area contributed by atoms with Gasteiger partial charge in [0.05, 0.1) is 16.8 Å². The normalized spacial score (nSPS) is 19.8. The quantitative estimate of drug-likeness (QED) is 0.526. The first-order valence-electron chi connectivity index (χ1n) is 10.3. The molecule has 1 saturated carbocycles. The first-order valence-corrected chi connectivity index (χ1v) is 11.1. The Balaban J connectivity index is 1.62. The third kappa shape index (κ3) is 3.75. The first-order chi connectivity index (χ1) is 15.8. The molecule has 0 spiro atoms. The Kier molecular flexibility index (Phi) is 5.15. The van der Waals surface area contributed by atoms with Crippen LogP contribution in [0.2, 0.25) is 10.2 Å². The van der Waals surface area contributed by atoms with Gasteiger partial charge in [-0.05, 0) is 43.4 Å². The van der Waals surface area contributed by atoms with Gasteiger partial charge in [-0.3, -0.25) is 9.20 Å². The number of anilines is 2. The summed E-state index contributed by atoms with van der Waals surface area (Å²) in [6.07, 6.45) is 2.61. The molecule has 3 aromatic rings. The van der Waals surface area contributed by atoms with Crippen molar-refractivity contribution in [2.45, 2.75) is 19.4 Å². The van der Waals surface area contributed by atoms with Gasteiger partial charge in [-0.15, -0.1) is 0 Å². The van der Waals surface area contributed by atoms with Gasteiger partial charge in [-0.2, -0.15) is 5.26 Å². The molecule has 33 heavy (non-hydrogen) atoms. The Labute approximate surface area is 198 Å². The molecule has 1 aliphatic carbocycles. The summed E-state index contributed by atoms with van der Waals surface area (Å²) >= 11 is 12.2. The largest absolute Gasteiger partial charge is 0.476 e. The standard InChI is InChI=1S/C22H18Cl2N6O3/c1-10(26-16-2-3-17(24)27-18(16)22(32)33)14-5-13(23)9-30-20(14)28-19(15(6-25)21(30)31)29-7-11-4-12(11)8-29/h2-3,5,9-12,26H,4,7-8H2,1H3,(H,32,33)/t10-,11?,12?/m1/s1. The van der Waals surface area contributed by atoms with Gasteiger partial charge in [0.1, 0.15) is 16.9 Å².